The second-order valence-corrected chi connectivity index (χ2v) is 2.53. The molecule has 0 aliphatic heterocycles. The zero-order valence-electron chi connectivity index (χ0n) is 6.80. The molecule has 4 heteroatoms. The first kappa shape index (κ1) is 9.51. The van der Waals surface area contributed by atoms with Crippen molar-refractivity contribution in [3.8, 4) is 0 Å². The van der Waals surface area contributed by atoms with Gasteiger partial charge in [0.15, 0.2) is 12.1 Å². The van der Waals surface area contributed by atoms with Crippen molar-refractivity contribution in [3.05, 3.63) is 34.9 Å². The number of rotatable bonds is 2. The summed E-state index contributed by atoms with van der Waals surface area (Å²) >= 11 is 0. The van der Waals surface area contributed by atoms with Gasteiger partial charge in [0.2, 0.25) is 0 Å². The smallest absolute Gasteiger partial charge is 0.160 e. The molecule has 0 aromatic heterocycles. The van der Waals surface area contributed by atoms with Gasteiger partial charge >= 0.3 is 0 Å². The summed E-state index contributed by atoms with van der Waals surface area (Å²) in [6, 6.07) is 1.68. The molecular formula is C9H6F2O2. The number of carbonyl (C=O) groups excluding carboxylic acids is 2. The van der Waals surface area contributed by atoms with E-state index < -0.39 is 23.0 Å². The van der Waals surface area contributed by atoms with Crippen LogP contribution in [0.1, 0.15) is 27.6 Å². The van der Waals surface area contributed by atoms with Crippen molar-refractivity contribution in [1.29, 1.82) is 0 Å². The first-order valence-electron chi connectivity index (χ1n) is 3.51. The van der Waals surface area contributed by atoms with Crippen molar-refractivity contribution in [2.75, 3.05) is 0 Å². The van der Waals surface area contributed by atoms with Crippen LogP contribution in [0.5, 0.6) is 0 Å². The molecule has 2 nitrogen and oxygen atoms in total. The summed E-state index contributed by atoms with van der Waals surface area (Å²) < 4.78 is 25.7. The highest BCUT2D eigenvalue weighted by Gasteiger charge is 2.11. The number of aldehydes is 1. The lowest BCUT2D eigenvalue weighted by Crippen LogP contribution is -2.00. The van der Waals surface area contributed by atoms with Gasteiger partial charge in [-0.25, -0.2) is 8.78 Å². The van der Waals surface area contributed by atoms with Crippen molar-refractivity contribution in [3.63, 3.8) is 0 Å². The average Bonchev–Trinajstić information content (AvgIpc) is 2.03. The number of benzene rings is 1. The number of Topliss-reactive ketones (excluding diaryl/α,β-unsaturated/α-hetero) is 1. The molecule has 0 spiro atoms. The van der Waals surface area contributed by atoms with Crippen LogP contribution in [0, 0.1) is 11.6 Å². The summed E-state index contributed by atoms with van der Waals surface area (Å²) in [5, 5.41) is 0. The lowest BCUT2D eigenvalue weighted by atomic mass is 10.1. The quantitative estimate of drug-likeness (QED) is 0.520. The van der Waals surface area contributed by atoms with E-state index in [2.05, 4.69) is 0 Å². The van der Waals surface area contributed by atoms with Crippen LogP contribution < -0.4 is 0 Å². The normalized spacial score (nSPS) is 9.77. The van der Waals surface area contributed by atoms with E-state index in [1.54, 1.807) is 0 Å². The maximum atomic E-state index is 12.8. The first-order valence-corrected chi connectivity index (χ1v) is 3.51. The van der Waals surface area contributed by atoms with Gasteiger partial charge in [-0.3, -0.25) is 9.59 Å². The minimum Gasteiger partial charge on any atom is -0.298 e. The van der Waals surface area contributed by atoms with Gasteiger partial charge in [0.25, 0.3) is 0 Å². The molecule has 0 atom stereocenters. The number of hydrogen-bond donors (Lipinski definition) is 0. The Morgan fingerprint density at radius 1 is 1.31 bits per heavy atom. The fourth-order valence-corrected chi connectivity index (χ4v) is 0.900. The molecule has 0 saturated heterocycles. The van der Waals surface area contributed by atoms with Gasteiger partial charge in [-0.2, -0.15) is 0 Å². The Morgan fingerprint density at radius 3 is 2.08 bits per heavy atom. The highest BCUT2D eigenvalue weighted by molar-refractivity contribution is 5.94. The van der Waals surface area contributed by atoms with Crippen LogP contribution >= 0.6 is 0 Å². The topological polar surface area (TPSA) is 34.1 Å². The van der Waals surface area contributed by atoms with Crippen LogP contribution in [0.2, 0.25) is 0 Å². The molecular weight excluding hydrogens is 178 g/mol. The van der Waals surface area contributed by atoms with E-state index in [0.717, 1.165) is 12.1 Å². The Bertz CT molecular complexity index is 349. The molecule has 0 aliphatic rings. The minimum absolute atomic E-state index is 0.0780. The predicted molar refractivity (Wildman–Crippen MR) is 41.8 cm³/mol. The molecule has 1 aromatic rings. The molecule has 0 bridgehead atoms. The maximum Gasteiger partial charge on any atom is 0.160 e. The molecule has 1 aromatic carbocycles. The van der Waals surface area contributed by atoms with Gasteiger partial charge in [-0.1, -0.05) is 0 Å². The van der Waals surface area contributed by atoms with Crippen molar-refractivity contribution in [1.82, 2.24) is 0 Å². The molecule has 13 heavy (non-hydrogen) atoms. The summed E-state index contributed by atoms with van der Waals surface area (Å²) in [6.45, 7) is 1.19. The minimum atomic E-state index is -1.01. The van der Waals surface area contributed by atoms with Crippen molar-refractivity contribution >= 4 is 12.1 Å². The molecule has 0 N–H and O–H groups in total. The molecule has 0 saturated carbocycles. The van der Waals surface area contributed by atoms with Gasteiger partial charge in [-0.15, -0.1) is 0 Å². The number of halogens is 2. The molecule has 0 unspecified atom stereocenters. The zero-order valence-corrected chi connectivity index (χ0v) is 6.80. The third kappa shape index (κ3) is 1.77. The van der Waals surface area contributed by atoms with Gasteiger partial charge in [0, 0.05) is 5.56 Å². The van der Waals surface area contributed by atoms with Crippen molar-refractivity contribution in [2.45, 2.75) is 6.92 Å². The molecule has 0 aliphatic carbocycles. The fourth-order valence-electron chi connectivity index (χ4n) is 0.900. The molecule has 0 amide bonds. The standard InChI is InChI=1S/C9H6F2O2/c1-5(13)6-2-8(10)7(4-12)9(11)3-6/h2-4H,1H3. The molecule has 0 radical (unpaired) electrons. The summed E-state index contributed by atoms with van der Waals surface area (Å²) in [6.07, 6.45) is 0.0780. The van der Waals surface area contributed by atoms with Gasteiger partial charge in [0.1, 0.15) is 11.6 Å². The van der Waals surface area contributed by atoms with Crippen LogP contribution in [0.3, 0.4) is 0 Å². The summed E-state index contributed by atoms with van der Waals surface area (Å²) in [7, 11) is 0. The van der Waals surface area contributed by atoms with E-state index in [1.165, 1.54) is 6.92 Å². The maximum absolute atomic E-state index is 12.8. The van der Waals surface area contributed by atoms with E-state index in [-0.39, 0.29) is 11.8 Å². The van der Waals surface area contributed by atoms with Crippen LogP contribution in [-0.2, 0) is 0 Å². The molecule has 68 valence electrons. The number of hydrogen-bond acceptors (Lipinski definition) is 2. The Labute approximate surface area is 73.2 Å². The number of carbonyl (C=O) groups is 2. The fraction of sp³-hybridized carbons (Fsp3) is 0.111. The molecule has 0 fully saturated rings. The largest absolute Gasteiger partial charge is 0.298 e. The molecule has 1 rings (SSSR count). The third-order valence-electron chi connectivity index (χ3n) is 1.60. The van der Waals surface area contributed by atoms with Gasteiger partial charge < -0.3 is 0 Å². The Balaban J connectivity index is 3.36. The Hall–Kier alpha value is -1.58. The van der Waals surface area contributed by atoms with E-state index in [4.69, 9.17) is 0 Å². The van der Waals surface area contributed by atoms with Gasteiger partial charge in [-0.05, 0) is 19.1 Å². The van der Waals surface area contributed by atoms with Crippen LogP contribution in [0.4, 0.5) is 8.78 Å². The van der Waals surface area contributed by atoms with E-state index in [0.29, 0.717) is 0 Å². The highest BCUT2D eigenvalue weighted by Crippen LogP contribution is 2.13. The third-order valence-corrected chi connectivity index (χ3v) is 1.60. The second-order valence-electron chi connectivity index (χ2n) is 2.53. The average molecular weight is 184 g/mol. The van der Waals surface area contributed by atoms with Crippen molar-refractivity contribution < 1.29 is 18.4 Å². The van der Waals surface area contributed by atoms with Crippen LogP contribution in [0.15, 0.2) is 12.1 Å². The Kier molecular flexibility index (Phi) is 2.51. The SMILES string of the molecule is CC(=O)c1cc(F)c(C=O)c(F)c1. The zero-order chi connectivity index (χ0) is 10.0. The van der Waals surface area contributed by atoms with E-state index in [9.17, 15) is 18.4 Å². The van der Waals surface area contributed by atoms with E-state index >= 15 is 0 Å². The summed E-state index contributed by atoms with van der Waals surface area (Å²) in [4.78, 5) is 20.9. The lowest BCUT2D eigenvalue weighted by molar-refractivity contribution is 0.101. The van der Waals surface area contributed by atoms with Crippen LogP contribution in [-0.4, -0.2) is 12.1 Å². The highest BCUT2D eigenvalue weighted by atomic mass is 19.1. The van der Waals surface area contributed by atoms with Crippen LogP contribution in [0.25, 0.3) is 0 Å². The molecule has 0 heterocycles. The first-order chi connectivity index (χ1) is 6.06. The summed E-state index contributed by atoms with van der Waals surface area (Å²) in [5.41, 5.74) is -0.731. The monoisotopic (exact) mass is 184 g/mol. The second kappa shape index (κ2) is 3.43. The Morgan fingerprint density at radius 2 is 1.77 bits per heavy atom. The van der Waals surface area contributed by atoms with Gasteiger partial charge in [0.05, 0.1) is 5.56 Å². The number of ketones is 1. The van der Waals surface area contributed by atoms with E-state index in [1.807, 2.05) is 0 Å². The summed E-state index contributed by atoms with van der Waals surface area (Å²) in [5.74, 6) is -2.48. The van der Waals surface area contributed by atoms with Crippen molar-refractivity contribution in [2.24, 2.45) is 0 Å². The predicted octanol–water partition coefficient (Wildman–Crippen LogP) is 1.98. The lowest BCUT2D eigenvalue weighted by Gasteiger charge is -1.99.